The highest BCUT2D eigenvalue weighted by atomic mass is 19.3. The Hall–Kier alpha value is -2.18. The van der Waals surface area contributed by atoms with Crippen LogP contribution in [0.15, 0.2) is 30.3 Å². The molecule has 2 unspecified atom stereocenters. The Kier molecular flexibility index (Phi) is 3.72. The number of hydrogen-bond donors (Lipinski definition) is 0. The van der Waals surface area contributed by atoms with E-state index in [0.29, 0.717) is 12.7 Å². The second kappa shape index (κ2) is 5.55. The third-order valence-electron chi connectivity index (χ3n) is 3.60. The Morgan fingerprint density at radius 3 is 2.41 bits per heavy atom. The third-order valence-corrected chi connectivity index (χ3v) is 3.60. The fraction of sp³-hybridized carbons (Fsp3) is 0.400. The Morgan fingerprint density at radius 2 is 1.86 bits per heavy atom. The van der Waals surface area contributed by atoms with Crippen molar-refractivity contribution in [3.63, 3.8) is 0 Å². The summed E-state index contributed by atoms with van der Waals surface area (Å²) in [5.41, 5.74) is 0.983. The minimum absolute atomic E-state index is 0.0447. The predicted octanol–water partition coefficient (Wildman–Crippen LogP) is 3.51. The Bertz CT molecular complexity index is 666. The Balaban J connectivity index is 0.000000246. The minimum Gasteiger partial charge on any atom is -0.294 e. The molecule has 1 saturated carbocycles. The standard InChI is InChI=1S/C12H10FN3O.C3H4F2/c13-9-6-10(8-4-2-1-3-5-8)16-12(9)14-11(7-17)15-16;4-3(5)1-2-3/h1-5,7,9-10H,6H2;1-2H2. The molecule has 116 valence electrons. The summed E-state index contributed by atoms with van der Waals surface area (Å²) in [6, 6.07) is 9.40. The first-order chi connectivity index (χ1) is 10.5. The number of alkyl halides is 3. The zero-order valence-corrected chi connectivity index (χ0v) is 11.6. The molecule has 0 N–H and O–H groups in total. The lowest BCUT2D eigenvalue weighted by atomic mass is 10.0. The molecule has 1 aromatic carbocycles. The van der Waals surface area contributed by atoms with Gasteiger partial charge in [0.1, 0.15) is 0 Å². The molecule has 1 aromatic heterocycles. The number of fused-ring (bicyclic) bond motifs is 1. The van der Waals surface area contributed by atoms with E-state index in [4.69, 9.17) is 0 Å². The van der Waals surface area contributed by atoms with E-state index in [-0.39, 0.29) is 30.5 Å². The fourth-order valence-electron chi connectivity index (χ4n) is 2.29. The van der Waals surface area contributed by atoms with E-state index in [1.165, 1.54) is 4.68 Å². The van der Waals surface area contributed by atoms with Crippen LogP contribution in [0.4, 0.5) is 13.2 Å². The van der Waals surface area contributed by atoms with E-state index >= 15 is 0 Å². The van der Waals surface area contributed by atoms with Gasteiger partial charge in [-0.2, -0.15) is 0 Å². The van der Waals surface area contributed by atoms with Gasteiger partial charge in [0.2, 0.25) is 11.7 Å². The molecule has 0 radical (unpaired) electrons. The molecule has 2 aliphatic rings. The van der Waals surface area contributed by atoms with Crippen molar-refractivity contribution in [3.8, 4) is 0 Å². The lowest BCUT2D eigenvalue weighted by Crippen LogP contribution is -2.07. The van der Waals surface area contributed by atoms with Crippen molar-refractivity contribution < 1.29 is 18.0 Å². The highest BCUT2D eigenvalue weighted by Gasteiger charge is 2.43. The van der Waals surface area contributed by atoms with Gasteiger partial charge >= 0.3 is 0 Å². The van der Waals surface area contributed by atoms with Crippen LogP contribution in [0.25, 0.3) is 0 Å². The first kappa shape index (κ1) is 14.7. The number of rotatable bonds is 2. The molecule has 1 fully saturated rings. The number of hydrogen-bond acceptors (Lipinski definition) is 3. The maximum Gasteiger partial charge on any atom is 0.248 e. The van der Waals surface area contributed by atoms with Gasteiger partial charge in [-0.15, -0.1) is 5.10 Å². The Labute approximate surface area is 125 Å². The molecule has 0 spiro atoms. The molecule has 4 nitrogen and oxygen atoms in total. The van der Waals surface area contributed by atoms with Crippen molar-refractivity contribution in [2.75, 3.05) is 0 Å². The van der Waals surface area contributed by atoms with Gasteiger partial charge < -0.3 is 0 Å². The van der Waals surface area contributed by atoms with Crippen LogP contribution >= 0.6 is 0 Å². The van der Waals surface area contributed by atoms with E-state index in [2.05, 4.69) is 10.1 Å². The molecular formula is C15H14F3N3O. The van der Waals surface area contributed by atoms with Gasteiger partial charge in [0, 0.05) is 19.3 Å². The summed E-state index contributed by atoms with van der Waals surface area (Å²) in [5, 5.41) is 4.01. The number of benzene rings is 1. The van der Waals surface area contributed by atoms with Crippen LogP contribution < -0.4 is 0 Å². The quantitative estimate of drug-likeness (QED) is 0.798. The number of aromatic nitrogens is 3. The zero-order chi connectivity index (χ0) is 15.7. The van der Waals surface area contributed by atoms with Crippen LogP contribution in [0.3, 0.4) is 0 Å². The molecular weight excluding hydrogens is 295 g/mol. The van der Waals surface area contributed by atoms with Crippen molar-refractivity contribution in [1.29, 1.82) is 0 Å². The SMILES string of the molecule is FC1(F)CC1.O=Cc1nc2n(n1)C(c1ccccc1)CC2F. The summed E-state index contributed by atoms with van der Waals surface area (Å²) in [5.74, 6) is -1.95. The second-order valence-corrected chi connectivity index (χ2v) is 5.38. The van der Waals surface area contributed by atoms with E-state index < -0.39 is 12.1 Å². The van der Waals surface area contributed by atoms with E-state index in [1.54, 1.807) is 0 Å². The number of carbonyl (C=O) groups excluding carboxylic acids is 1. The third kappa shape index (κ3) is 3.03. The van der Waals surface area contributed by atoms with Crippen molar-refractivity contribution >= 4 is 6.29 Å². The average Bonchev–Trinajstić information content (AvgIpc) is 2.96. The maximum absolute atomic E-state index is 13.8. The molecule has 2 aromatic rings. The molecule has 22 heavy (non-hydrogen) atoms. The van der Waals surface area contributed by atoms with Gasteiger partial charge in [0.05, 0.1) is 6.04 Å². The van der Waals surface area contributed by atoms with Crippen molar-refractivity contribution in [3.05, 3.63) is 47.5 Å². The van der Waals surface area contributed by atoms with Crippen molar-refractivity contribution in [2.45, 2.75) is 37.4 Å². The van der Waals surface area contributed by atoms with E-state index in [1.807, 2.05) is 30.3 Å². The van der Waals surface area contributed by atoms with Gasteiger partial charge in [0.25, 0.3) is 0 Å². The predicted molar refractivity (Wildman–Crippen MR) is 72.6 cm³/mol. The zero-order valence-electron chi connectivity index (χ0n) is 11.6. The van der Waals surface area contributed by atoms with Gasteiger partial charge in [-0.25, -0.2) is 22.8 Å². The van der Waals surface area contributed by atoms with Gasteiger partial charge in [0.15, 0.2) is 18.3 Å². The molecule has 7 heteroatoms. The monoisotopic (exact) mass is 309 g/mol. The molecule has 0 saturated heterocycles. The first-order valence-electron chi connectivity index (χ1n) is 6.98. The molecule has 2 atom stereocenters. The van der Waals surface area contributed by atoms with Gasteiger partial charge in [-0.3, -0.25) is 4.79 Å². The lowest BCUT2D eigenvalue weighted by molar-refractivity contribution is 0.111. The largest absolute Gasteiger partial charge is 0.294 e. The molecule has 1 aliphatic heterocycles. The Morgan fingerprint density at radius 1 is 1.23 bits per heavy atom. The van der Waals surface area contributed by atoms with Gasteiger partial charge in [-0.05, 0) is 5.56 Å². The van der Waals surface area contributed by atoms with Crippen molar-refractivity contribution in [1.82, 2.24) is 14.8 Å². The van der Waals surface area contributed by atoms with E-state index in [9.17, 15) is 18.0 Å². The molecule has 0 amide bonds. The summed E-state index contributed by atoms with van der Waals surface area (Å²) in [6.07, 6.45) is -0.0418. The van der Waals surface area contributed by atoms with Crippen LogP contribution in [0.1, 0.15) is 53.5 Å². The lowest BCUT2D eigenvalue weighted by Gasteiger charge is -2.10. The minimum atomic E-state index is -2.25. The van der Waals surface area contributed by atoms with Crippen LogP contribution in [0.2, 0.25) is 0 Å². The number of carbonyl (C=O) groups is 1. The summed E-state index contributed by atoms with van der Waals surface area (Å²) >= 11 is 0. The number of aldehydes is 1. The molecule has 2 heterocycles. The normalized spacial score (nSPS) is 24.1. The number of nitrogens with zero attached hydrogens (tertiary/aromatic N) is 3. The topological polar surface area (TPSA) is 47.8 Å². The van der Waals surface area contributed by atoms with Crippen molar-refractivity contribution in [2.24, 2.45) is 0 Å². The van der Waals surface area contributed by atoms with Crippen LogP contribution in [-0.2, 0) is 0 Å². The second-order valence-electron chi connectivity index (χ2n) is 5.38. The summed E-state index contributed by atoms with van der Waals surface area (Å²) in [4.78, 5) is 14.5. The van der Waals surface area contributed by atoms with Crippen LogP contribution in [0.5, 0.6) is 0 Å². The molecule has 1 aliphatic carbocycles. The molecule has 0 bridgehead atoms. The first-order valence-corrected chi connectivity index (χ1v) is 6.98. The van der Waals surface area contributed by atoms with E-state index in [0.717, 1.165) is 5.56 Å². The highest BCUT2D eigenvalue weighted by molar-refractivity contribution is 5.68. The summed E-state index contributed by atoms with van der Waals surface area (Å²) < 4.78 is 37.5. The average molecular weight is 309 g/mol. The smallest absolute Gasteiger partial charge is 0.248 e. The molecule has 4 rings (SSSR count). The number of halogens is 3. The summed E-state index contributed by atoms with van der Waals surface area (Å²) in [6.45, 7) is 0. The van der Waals surface area contributed by atoms with Gasteiger partial charge in [-0.1, -0.05) is 30.3 Å². The van der Waals surface area contributed by atoms with Crippen LogP contribution in [-0.4, -0.2) is 27.0 Å². The fourth-order valence-corrected chi connectivity index (χ4v) is 2.29. The summed E-state index contributed by atoms with van der Waals surface area (Å²) in [7, 11) is 0. The van der Waals surface area contributed by atoms with Crippen LogP contribution in [0, 0.1) is 0 Å². The maximum atomic E-state index is 13.8. The highest BCUT2D eigenvalue weighted by Crippen LogP contribution is 2.40.